The first-order valence-corrected chi connectivity index (χ1v) is 8.70. The maximum atomic E-state index is 5.68. The maximum absolute atomic E-state index is 5.68. The van der Waals surface area contributed by atoms with Gasteiger partial charge in [-0.1, -0.05) is 46.1 Å². The summed E-state index contributed by atoms with van der Waals surface area (Å²) < 4.78 is 6.78. The summed E-state index contributed by atoms with van der Waals surface area (Å²) in [5, 5.41) is 7.41. The summed E-state index contributed by atoms with van der Waals surface area (Å²) in [4.78, 5) is 4.72. The van der Waals surface area contributed by atoms with Crippen LogP contribution in [0.1, 0.15) is 49.9 Å². The second-order valence-electron chi connectivity index (χ2n) is 6.21. The molecule has 1 aliphatic rings. The van der Waals surface area contributed by atoms with E-state index in [9.17, 15) is 0 Å². The monoisotopic (exact) mass is 399 g/mol. The molecule has 0 radical (unpaired) electrons. The van der Waals surface area contributed by atoms with Crippen LogP contribution in [0.5, 0.6) is 0 Å². The standard InChI is InChI=1S/C17H22BrN3O.ClH/c1-12(19-2)11-15-20-16(22-21-15)17(9-3-4-10-17)13-5-7-14(18)8-6-13;/h5-8,12,19H,3-4,9-11H2,1-2H3;1H. The van der Waals surface area contributed by atoms with Gasteiger partial charge in [-0.2, -0.15) is 4.98 Å². The van der Waals surface area contributed by atoms with Crippen molar-refractivity contribution < 1.29 is 4.52 Å². The zero-order chi connectivity index (χ0) is 15.6. The van der Waals surface area contributed by atoms with E-state index in [0.717, 1.165) is 35.5 Å². The van der Waals surface area contributed by atoms with Gasteiger partial charge in [0.15, 0.2) is 5.82 Å². The number of halogens is 2. The molecule has 0 bridgehead atoms. The van der Waals surface area contributed by atoms with Crippen LogP contribution in [0.3, 0.4) is 0 Å². The van der Waals surface area contributed by atoms with E-state index in [1.54, 1.807) is 0 Å². The Morgan fingerprint density at radius 3 is 2.52 bits per heavy atom. The highest BCUT2D eigenvalue weighted by Crippen LogP contribution is 2.45. The van der Waals surface area contributed by atoms with Crippen LogP contribution in [0, 0.1) is 0 Å². The first-order valence-electron chi connectivity index (χ1n) is 7.90. The fourth-order valence-electron chi connectivity index (χ4n) is 3.28. The topological polar surface area (TPSA) is 51.0 Å². The first kappa shape index (κ1) is 18.4. The second-order valence-corrected chi connectivity index (χ2v) is 7.12. The molecular weight excluding hydrogens is 378 g/mol. The molecule has 0 spiro atoms. The number of hydrogen-bond donors (Lipinski definition) is 1. The zero-order valence-electron chi connectivity index (χ0n) is 13.5. The molecule has 6 heteroatoms. The molecule has 1 N–H and O–H groups in total. The lowest BCUT2D eigenvalue weighted by atomic mass is 9.79. The minimum absolute atomic E-state index is 0. The molecule has 1 heterocycles. The molecule has 0 amide bonds. The van der Waals surface area contributed by atoms with Gasteiger partial charge in [-0.25, -0.2) is 0 Å². The number of likely N-dealkylation sites (N-methyl/N-ethyl adjacent to an activating group) is 1. The number of nitrogens with zero attached hydrogens (tertiary/aromatic N) is 2. The summed E-state index contributed by atoms with van der Waals surface area (Å²) >= 11 is 3.51. The average Bonchev–Trinajstić information content (AvgIpc) is 3.17. The molecule has 0 aliphatic heterocycles. The van der Waals surface area contributed by atoms with E-state index in [4.69, 9.17) is 9.51 Å². The summed E-state index contributed by atoms with van der Waals surface area (Å²) in [6, 6.07) is 8.88. The highest BCUT2D eigenvalue weighted by molar-refractivity contribution is 9.10. The van der Waals surface area contributed by atoms with Crippen LogP contribution in [0.2, 0.25) is 0 Å². The van der Waals surface area contributed by atoms with Gasteiger partial charge >= 0.3 is 0 Å². The molecule has 1 atom stereocenters. The van der Waals surface area contributed by atoms with Gasteiger partial charge in [-0.15, -0.1) is 12.4 Å². The molecule has 1 aromatic carbocycles. The third kappa shape index (κ3) is 3.78. The quantitative estimate of drug-likeness (QED) is 0.814. The van der Waals surface area contributed by atoms with E-state index in [0.29, 0.717) is 6.04 Å². The molecule has 2 aromatic rings. The van der Waals surface area contributed by atoms with Crippen LogP contribution in [0.25, 0.3) is 0 Å². The number of hydrogen-bond acceptors (Lipinski definition) is 4. The SMILES string of the molecule is CNC(C)Cc1noc(C2(c3ccc(Br)cc3)CCCC2)n1.Cl. The summed E-state index contributed by atoms with van der Waals surface area (Å²) in [5.74, 6) is 1.57. The van der Waals surface area contributed by atoms with Crippen molar-refractivity contribution in [1.82, 2.24) is 15.5 Å². The Hall–Kier alpha value is -0.910. The van der Waals surface area contributed by atoms with E-state index < -0.39 is 0 Å². The van der Waals surface area contributed by atoms with Crippen LogP contribution >= 0.6 is 28.3 Å². The number of rotatable bonds is 5. The predicted molar refractivity (Wildman–Crippen MR) is 97.2 cm³/mol. The van der Waals surface area contributed by atoms with Crippen molar-refractivity contribution in [2.45, 2.75) is 50.5 Å². The van der Waals surface area contributed by atoms with Crippen LogP contribution in [-0.4, -0.2) is 23.2 Å². The van der Waals surface area contributed by atoms with Gasteiger partial charge in [0.05, 0.1) is 5.41 Å². The van der Waals surface area contributed by atoms with Gasteiger partial charge in [-0.05, 0) is 44.5 Å². The van der Waals surface area contributed by atoms with Crippen LogP contribution in [-0.2, 0) is 11.8 Å². The van der Waals surface area contributed by atoms with Crippen LogP contribution in [0.15, 0.2) is 33.3 Å². The largest absolute Gasteiger partial charge is 0.338 e. The summed E-state index contributed by atoms with van der Waals surface area (Å²) in [5.41, 5.74) is 1.18. The summed E-state index contributed by atoms with van der Waals surface area (Å²) in [7, 11) is 1.95. The van der Waals surface area contributed by atoms with Crippen molar-refractivity contribution in [2.75, 3.05) is 7.05 Å². The summed E-state index contributed by atoms with van der Waals surface area (Å²) in [6.45, 7) is 2.12. The van der Waals surface area contributed by atoms with Crippen molar-refractivity contribution in [3.05, 3.63) is 46.0 Å². The number of benzene rings is 1. The van der Waals surface area contributed by atoms with Gasteiger partial charge in [0.2, 0.25) is 5.89 Å². The predicted octanol–water partition coefficient (Wildman–Crippen LogP) is 4.26. The van der Waals surface area contributed by atoms with Crippen LogP contribution < -0.4 is 5.32 Å². The van der Waals surface area contributed by atoms with Crippen LogP contribution in [0.4, 0.5) is 0 Å². The van der Waals surface area contributed by atoms with Crippen molar-refractivity contribution in [2.24, 2.45) is 0 Å². The van der Waals surface area contributed by atoms with Gasteiger partial charge in [0.25, 0.3) is 0 Å². The average molecular weight is 401 g/mol. The molecular formula is C17H23BrClN3O. The highest BCUT2D eigenvalue weighted by Gasteiger charge is 2.42. The Kier molecular flexibility index (Phi) is 6.23. The van der Waals surface area contributed by atoms with Crippen molar-refractivity contribution >= 4 is 28.3 Å². The fourth-order valence-corrected chi connectivity index (χ4v) is 3.55. The Bertz CT molecular complexity index is 623. The van der Waals surface area contributed by atoms with E-state index in [2.05, 4.69) is 57.6 Å². The second kappa shape index (κ2) is 7.77. The third-order valence-electron chi connectivity index (χ3n) is 4.71. The van der Waals surface area contributed by atoms with E-state index in [1.807, 2.05) is 7.05 Å². The van der Waals surface area contributed by atoms with Gasteiger partial charge in [0, 0.05) is 16.9 Å². The lowest BCUT2D eigenvalue weighted by Crippen LogP contribution is -2.25. The van der Waals surface area contributed by atoms with Crippen molar-refractivity contribution in [3.63, 3.8) is 0 Å². The van der Waals surface area contributed by atoms with Gasteiger partial charge in [-0.3, -0.25) is 0 Å². The molecule has 3 rings (SSSR count). The van der Waals surface area contributed by atoms with Crippen molar-refractivity contribution in [3.8, 4) is 0 Å². The Morgan fingerprint density at radius 2 is 1.91 bits per heavy atom. The molecule has 1 aliphatic carbocycles. The lowest BCUT2D eigenvalue weighted by Gasteiger charge is -2.25. The Balaban J connectivity index is 0.00000192. The molecule has 1 fully saturated rings. The van der Waals surface area contributed by atoms with Crippen molar-refractivity contribution in [1.29, 1.82) is 0 Å². The fraction of sp³-hybridized carbons (Fsp3) is 0.529. The number of aromatic nitrogens is 2. The summed E-state index contributed by atoms with van der Waals surface area (Å²) in [6.07, 6.45) is 5.37. The third-order valence-corrected chi connectivity index (χ3v) is 5.24. The Labute approximate surface area is 152 Å². The maximum Gasteiger partial charge on any atom is 0.237 e. The van der Waals surface area contributed by atoms with E-state index in [1.165, 1.54) is 18.4 Å². The first-order chi connectivity index (χ1) is 10.6. The zero-order valence-corrected chi connectivity index (χ0v) is 15.9. The number of nitrogens with one attached hydrogen (secondary N) is 1. The molecule has 1 aromatic heterocycles. The minimum atomic E-state index is -0.102. The Morgan fingerprint density at radius 1 is 1.26 bits per heavy atom. The molecule has 1 saturated carbocycles. The minimum Gasteiger partial charge on any atom is -0.338 e. The lowest BCUT2D eigenvalue weighted by molar-refractivity contribution is 0.308. The molecule has 1 unspecified atom stereocenters. The molecule has 126 valence electrons. The molecule has 0 saturated heterocycles. The molecule has 4 nitrogen and oxygen atoms in total. The van der Waals surface area contributed by atoms with E-state index in [-0.39, 0.29) is 17.8 Å². The normalized spacial score (nSPS) is 17.7. The van der Waals surface area contributed by atoms with Gasteiger partial charge in [0.1, 0.15) is 0 Å². The molecule has 23 heavy (non-hydrogen) atoms. The van der Waals surface area contributed by atoms with E-state index >= 15 is 0 Å². The highest BCUT2D eigenvalue weighted by atomic mass is 79.9. The van der Waals surface area contributed by atoms with Gasteiger partial charge < -0.3 is 9.84 Å². The smallest absolute Gasteiger partial charge is 0.237 e.